The second kappa shape index (κ2) is 7.34. The van der Waals surface area contributed by atoms with E-state index in [1.807, 2.05) is 6.92 Å². The van der Waals surface area contributed by atoms with E-state index in [0.29, 0.717) is 17.0 Å². The fourth-order valence-electron chi connectivity index (χ4n) is 1.65. The number of nitrogens with one attached hydrogen (secondary N) is 1. The van der Waals surface area contributed by atoms with Crippen LogP contribution in [0.15, 0.2) is 18.2 Å². The highest BCUT2D eigenvalue weighted by molar-refractivity contribution is 6.31. The van der Waals surface area contributed by atoms with E-state index >= 15 is 0 Å². The predicted molar refractivity (Wildman–Crippen MR) is 69.2 cm³/mol. The molecule has 0 amide bonds. The van der Waals surface area contributed by atoms with Gasteiger partial charge in [0.05, 0.1) is 0 Å². The zero-order chi connectivity index (χ0) is 13.5. The summed E-state index contributed by atoms with van der Waals surface area (Å²) >= 11 is 5.87. The molecule has 1 aromatic carbocycles. The summed E-state index contributed by atoms with van der Waals surface area (Å²) in [5.41, 5.74) is 0.307. The van der Waals surface area contributed by atoms with Crippen LogP contribution in [0.25, 0.3) is 0 Å². The average Bonchev–Trinajstić information content (AvgIpc) is 2.31. The Morgan fingerprint density at radius 3 is 2.83 bits per heavy atom. The molecular weight excluding hydrogens is 257 g/mol. The SMILES string of the molecule is CCCCC(NCc1c(F)cccc1Cl)C(=O)O. The van der Waals surface area contributed by atoms with Crippen molar-refractivity contribution in [3.63, 3.8) is 0 Å². The standard InChI is InChI=1S/C13H17ClFNO2/c1-2-3-7-12(13(17)18)16-8-9-10(14)5-4-6-11(9)15/h4-6,12,16H,2-3,7-8H2,1H3,(H,17,18). The smallest absolute Gasteiger partial charge is 0.320 e. The molecule has 0 spiro atoms. The van der Waals surface area contributed by atoms with Crippen molar-refractivity contribution in [3.05, 3.63) is 34.6 Å². The lowest BCUT2D eigenvalue weighted by atomic mass is 10.1. The van der Waals surface area contributed by atoms with E-state index < -0.39 is 17.8 Å². The first kappa shape index (κ1) is 14.9. The van der Waals surface area contributed by atoms with Gasteiger partial charge in [0.1, 0.15) is 11.9 Å². The molecule has 0 bridgehead atoms. The Kier molecular flexibility index (Phi) is 6.09. The van der Waals surface area contributed by atoms with E-state index in [0.717, 1.165) is 12.8 Å². The Hall–Kier alpha value is -1.13. The second-order valence-corrected chi connectivity index (χ2v) is 4.52. The van der Waals surface area contributed by atoms with E-state index in [1.165, 1.54) is 12.1 Å². The Morgan fingerprint density at radius 2 is 2.28 bits per heavy atom. The zero-order valence-corrected chi connectivity index (χ0v) is 11.0. The molecule has 0 radical (unpaired) electrons. The molecule has 0 heterocycles. The van der Waals surface area contributed by atoms with Crippen molar-refractivity contribution in [2.75, 3.05) is 0 Å². The van der Waals surface area contributed by atoms with Crippen LogP contribution in [0.1, 0.15) is 31.7 Å². The van der Waals surface area contributed by atoms with Crippen LogP contribution >= 0.6 is 11.6 Å². The fraction of sp³-hybridized carbons (Fsp3) is 0.462. The topological polar surface area (TPSA) is 49.3 Å². The summed E-state index contributed by atoms with van der Waals surface area (Å²) < 4.78 is 13.5. The number of unbranched alkanes of at least 4 members (excludes halogenated alkanes) is 1. The van der Waals surface area contributed by atoms with E-state index in [1.54, 1.807) is 6.07 Å². The summed E-state index contributed by atoms with van der Waals surface area (Å²) in [4.78, 5) is 11.0. The Labute approximate surface area is 111 Å². The normalized spacial score (nSPS) is 12.4. The number of hydrogen-bond donors (Lipinski definition) is 2. The van der Waals surface area contributed by atoms with Gasteiger partial charge in [0.25, 0.3) is 0 Å². The van der Waals surface area contributed by atoms with Gasteiger partial charge in [0.15, 0.2) is 0 Å². The molecule has 0 aliphatic rings. The molecule has 0 aliphatic carbocycles. The molecule has 0 aliphatic heterocycles. The first-order valence-electron chi connectivity index (χ1n) is 5.95. The summed E-state index contributed by atoms with van der Waals surface area (Å²) in [5.74, 6) is -1.34. The van der Waals surface area contributed by atoms with Crippen molar-refractivity contribution in [1.29, 1.82) is 0 Å². The Bertz CT molecular complexity index is 392. The largest absolute Gasteiger partial charge is 0.480 e. The summed E-state index contributed by atoms with van der Waals surface area (Å²) in [6.45, 7) is 2.11. The number of benzene rings is 1. The molecule has 1 rings (SSSR count). The predicted octanol–water partition coefficient (Wildman–Crippen LogP) is 3.21. The third kappa shape index (κ3) is 4.27. The highest BCUT2D eigenvalue weighted by atomic mass is 35.5. The molecule has 0 saturated carbocycles. The molecule has 0 aromatic heterocycles. The number of carboxylic acids is 1. The van der Waals surface area contributed by atoms with Crippen LogP contribution < -0.4 is 5.32 Å². The van der Waals surface area contributed by atoms with Gasteiger partial charge in [0, 0.05) is 17.1 Å². The fourth-order valence-corrected chi connectivity index (χ4v) is 1.88. The quantitative estimate of drug-likeness (QED) is 0.802. The third-order valence-corrected chi connectivity index (χ3v) is 3.09. The van der Waals surface area contributed by atoms with Crippen LogP contribution in [-0.2, 0) is 11.3 Å². The molecule has 18 heavy (non-hydrogen) atoms. The summed E-state index contributed by atoms with van der Waals surface area (Å²) in [7, 11) is 0. The number of carbonyl (C=O) groups is 1. The molecule has 1 aromatic rings. The molecule has 0 saturated heterocycles. The number of hydrogen-bond acceptors (Lipinski definition) is 2. The molecule has 2 N–H and O–H groups in total. The zero-order valence-electron chi connectivity index (χ0n) is 10.2. The lowest BCUT2D eigenvalue weighted by Crippen LogP contribution is -2.36. The minimum atomic E-state index is -0.920. The van der Waals surface area contributed by atoms with E-state index in [-0.39, 0.29) is 6.54 Å². The van der Waals surface area contributed by atoms with Gasteiger partial charge in [-0.2, -0.15) is 0 Å². The van der Waals surface area contributed by atoms with Crippen molar-refractivity contribution >= 4 is 17.6 Å². The molecule has 0 fully saturated rings. The summed E-state index contributed by atoms with van der Waals surface area (Å²) in [5, 5.41) is 12.2. The van der Waals surface area contributed by atoms with Gasteiger partial charge in [-0.25, -0.2) is 4.39 Å². The molecule has 5 heteroatoms. The van der Waals surface area contributed by atoms with Crippen LogP contribution in [0.2, 0.25) is 5.02 Å². The lowest BCUT2D eigenvalue weighted by molar-refractivity contribution is -0.139. The number of halogens is 2. The van der Waals surface area contributed by atoms with Crippen molar-refractivity contribution in [3.8, 4) is 0 Å². The number of aliphatic carboxylic acids is 1. The van der Waals surface area contributed by atoms with E-state index in [9.17, 15) is 9.18 Å². The van der Waals surface area contributed by atoms with Gasteiger partial charge >= 0.3 is 5.97 Å². The first-order chi connectivity index (χ1) is 8.56. The minimum Gasteiger partial charge on any atom is -0.480 e. The highest BCUT2D eigenvalue weighted by Gasteiger charge is 2.17. The van der Waals surface area contributed by atoms with E-state index in [2.05, 4.69) is 5.32 Å². The highest BCUT2D eigenvalue weighted by Crippen LogP contribution is 2.19. The van der Waals surface area contributed by atoms with Crippen LogP contribution in [0.4, 0.5) is 4.39 Å². The average molecular weight is 274 g/mol. The maximum Gasteiger partial charge on any atom is 0.320 e. The van der Waals surface area contributed by atoms with Gasteiger partial charge in [-0.3, -0.25) is 4.79 Å². The summed E-state index contributed by atoms with van der Waals surface area (Å²) in [6.07, 6.45) is 2.26. The Balaban J connectivity index is 2.64. The van der Waals surface area contributed by atoms with Gasteiger partial charge in [-0.15, -0.1) is 0 Å². The van der Waals surface area contributed by atoms with Gasteiger partial charge in [-0.1, -0.05) is 37.4 Å². The first-order valence-corrected chi connectivity index (χ1v) is 6.33. The van der Waals surface area contributed by atoms with Crippen molar-refractivity contribution in [2.45, 2.75) is 38.8 Å². The molecule has 3 nitrogen and oxygen atoms in total. The van der Waals surface area contributed by atoms with Gasteiger partial charge in [0.2, 0.25) is 0 Å². The van der Waals surface area contributed by atoms with Gasteiger partial charge < -0.3 is 10.4 Å². The minimum absolute atomic E-state index is 0.117. The molecule has 1 unspecified atom stereocenters. The van der Waals surface area contributed by atoms with Crippen LogP contribution in [0.5, 0.6) is 0 Å². The molecule has 1 atom stereocenters. The number of carboxylic acid groups (broad SMARTS) is 1. The second-order valence-electron chi connectivity index (χ2n) is 4.11. The third-order valence-electron chi connectivity index (χ3n) is 2.73. The van der Waals surface area contributed by atoms with Crippen molar-refractivity contribution in [1.82, 2.24) is 5.32 Å². The maximum absolute atomic E-state index is 13.5. The number of rotatable bonds is 7. The lowest BCUT2D eigenvalue weighted by Gasteiger charge is -2.15. The monoisotopic (exact) mass is 273 g/mol. The van der Waals surface area contributed by atoms with Crippen molar-refractivity contribution in [2.24, 2.45) is 0 Å². The van der Waals surface area contributed by atoms with E-state index in [4.69, 9.17) is 16.7 Å². The van der Waals surface area contributed by atoms with Gasteiger partial charge in [-0.05, 0) is 18.6 Å². The Morgan fingerprint density at radius 1 is 1.56 bits per heavy atom. The van der Waals surface area contributed by atoms with Crippen LogP contribution in [0, 0.1) is 5.82 Å². The van der Waals surface area contributed by atoms with Crippen LogP contribution in [-0.4, -0.2) is 17.1 Å². The van der Waals surface area contributed by atoms with Crippen molar-refractivity contribution < 1.29 is 14.3 Å². The maximum atomic E-state index is 13.5. The molecular formula is C13H17ClFNO2. The molecule has 100 valence electrons. The summed E-state index contributed by atoms with van der Waals surface area (Å²) in [6, 6.07) is 3.75. The van der Waals surface area contributed by atoms with Crippen LogP contribution in [0.3, 0.4) is 0 Å².